The van der Waals surface area contributed by atoms with E-state index in [1.807, 2.05) is 0 Å². The topological polar surface area (TPSA) is 71.4 Å². The van der Waals surface area contributed by atoms with E-state index in [2.05, 4.69) is 52.0 Å². The summed E-state index contributed by atoms with van der Waals surface area (Å²) in [4.78, 5) is 4.53. The molecule has 1 aliphatic heterocycles. The Balaban J connectivity index is 1.68. The normalized spacial score (nSPS) is 15.6. The standard InChI is InChI=1S/C15H21N5O/c1-11-4-3-5-13(12(11)2)19-6-8-20(9-7-19)15-18-17-14(10-16)21-15/h3-5H,6-10,16H2,1-2H3. The molecule has 112 valence electrons. The quantitative estimate of drug-likeness (QED) is 0.922. The maximum absolute atomic E-state index is 5.52. The molecule has 6 heteroatoms. The second-order valence-corrected chi connectivity index (χ2v) is 5.38. The second-order valence-electron chi connectivity index (χ2n) is 5.38. The van der Waals surface area contributed by atoms with Crippen molar-refractivity contribution in [1.82, 2.24) is 10.2 Å². The fourth-order valence-electron chi connectivity index (χ4n) is 2.67. The molecule has 0 amide bonds. The Bertz CT molecular complexity index is 616. The molecule has 3 rings (SSSR count). The summed E-state index contributed by atoms with van der Waals surface area (Å²) >= 11 is 0. The lowest BCUT2D eigenvalue weighted by Gasteiger charge is -2.36. The summed E-state index contributed by atoms with van der Waals surface area (Å²) in [5.41, 5.74) is 9.51. The predicted molar refractivity (Wildman–Crippen MR) is 82.5 cm³/mol. The molecule has 0 spiro atoms. The number of hydrogen-bond acceptors (Lipinski definition) is 6. The lowest BCUT2D eigenvalue weighted by atomic mass is 10.1. The molecule has 0 unspecified atom stereocenters. The molecule has 2 heterocycles. The Morgan fingerprint density at radius 3 is 2.48 bits per heavy atom. The van der Waals surface area contributed by atoms with Gasteiger partial charge in [-0.3, -0.25) is 0 Å². The average molecular weight is 287 g/mol. The maximum Gasteiger partial charge on any atom is 0.318 e. The zero-order valence-corrected chi connectivity index (χ0v) is 12.5. The second kappa shape index (κ2) is 5.73. The van der Waals surface area contributed by atoms with Crippen LogP contribution in [0.4, 0.5) is 11.7 Å². The van der Waals surface area contributed by atoms with E-state index in [0.29, 0.717) is 11.9 Å². The van der Waals surface area contributed by atoms with Crippen molar-refractivity contribution < 1.29 is 4.42 Å². The van der Waals surface area contributed by atoms with Crippen LogP contribution in [0, 0.1) is 13.8 Å². The number of anilines is 2. The van der Waals surface area contributed by atoms with Gasteiger partial charge in [0.2, 0.25) is 5.89 Å². The molecule has 1 aromatic heterocycles. The van der Waals surface area contributed by atoms with Gasteiger partial charge in [-0.2, -0.15) is 0 Å². The fourth-order valence-corrected chi connectivity index (χ4v) is 2.67. The van der Waals surface area contributed by atoms with Gasteiger partial charge in [0.25, 0.3) is 0 Å². The van der Waals surface area contributed by atoms with Crippen LogP contribution in [0.1, 0.15) is 17.0 Å². The van der Waals surface area contributed by atoms with Gasteiger partial charge < -0.3 is 20.0 Å². The van der Waals surface area contributed by atoms with Crippen LogP contribution < -0.4 is 15.5 Å². The van der Waals surface area contributed by atoms with Crippen molar-refractivity contribution in [2.75, 3.05) is 36.0 Å². The highest BCUT2D eigenvalue weighted by Crippen LogP contribution is 2.25. The van der Waals surface area contributed by atoms with Crippen LogP contribution in [-0.4, -0.2) is 36.4 Å². The molecule has 1 aromatic carbocycles. The molecule has 1 aliphatic rings. The number of hydrogen-bond donors (Lipinski definition) is 1. The Kier molecular flexibility index (Phi) is 3.79. The number of piperazine rings is 1. The molecule has 0 bridgehead atoms. The summed E-state index contributed by atoms with van der Waals surface area (Å²) in [6, 6.07) is 7.05. The highest BCUT2D eigenvalue weighted by atomic mass is 16.4. The molecular weight excluding hydrogens is 266 g/mol. The van der Waals surface area contributed by atoms with Crippen molar-refractivity contribution in [3.8, 4) is 0 Å². The molecule has 0 atom stereocenters. The Hall–Kier alpha value is -2.08. The minimum atomic E-state index is 0.287. The first-order chi connectivity index (χ1) is 10.2. The molecule has 6 nitrogen and oxygen atoms in total. The molecule has 0 radical (unpaired) electrons. The SMILES string of the molecule is Cc1cccc(N2CCN(c3nnc(CN)o3)CC2)c1C. The Morgan fingerprint density at radius 1 is 1.10 bits per heavy atom. The molecule has 2 aromatic rings. The predicted octanol–water partition coefficient (Wildman–Crippen LogP) is 1.47. The number of nitrogens with two attached hydrogens (primary N) is 1. The van der Waals surface area contributed by atoms with Crippen LogP contribution in [0.25, 0.3) is 0 Å². The van der Waals surface area contributed by atoms with Crippen molar-refractivity contribution >= 4 is 11.7 Å². The van der Waals surface area contributed by atoms with Gasteiger partial charge in [0, 0.05) is 31.9 Å². The molecule has 0 aliphatic carbocycles. The van der Waals surface area contributed by atoms with E-state index in [9.17, 15) is 0 Å². The zero-order chi connectivity index (χ0) is 14.8. The Morgan fingerprint density at radius 2 is 1.81 bits per heavy atom. The third-order valence-electron chi connectivity index (χ3n) is 4.10. The maximum atomic E-state index is 5.52. The molecule has 1 saturated heterocycles. The van der Waals surface area contributed by atoms with E-state index in [4.69, 9.17) is 10.2 Å². The summed E-state index contributed by atoms with van der Waals surface area (Å²) < 4.78 is 5.52. The molecular formula is C15H21N5O. The van der Waals surface area contributed by atoms with Gasteiger partial charge in [-0.05, 0) is 31.0 Å². The third-order valence-corrected chi connectivity index (χ3v) is 4.10. The first-order valence-corrected chi connectivity index (χ1v) is 7.27. The first kappa shape index (κ1) is 13.9. The van der Waals surface area contributed by atoms with Crippen molar-refractivity contribution in [1.29, 1.82) is 0 Å². The molecule has 1 fully saturated rings. The summed E-state index contributed by atoms with van der Waals surface area (Å²) in [5.74, 6) is 0.488. The van der Waals surface area contributed by atoms with Gasteiger partial charge in [0.15, 0.2) is 0 Å². The highest BCUT2D eigenvalue weighted by molar-refractivity contribution is 5.56. The summed E-state index contributed by atoms with van der Waals surface area (Å²) in [6.07, 6.45) is 0. The summed E-state index contributed by atoms with van der Waals surface area (Å²) in [5, 5.41) is 7.97. The van der Waals surface area contributed by atoms with Crippen LogP contribution in [0.3, 0.4) is 0 Å². The van der Waals surface area contributed by atoms with E-state index in [0.717, 1.165) is 26.2 Å². The monoisotopic (exact) mass is 287 g/mol. The van der Waals surface area contributed by atoms with Gasteiger partial charge in [-0.15, -0.1) is 5.10 Å². The van der Waals surface area contributed by atoms with E-state index in [-0.39, 0.29) is 6.54 Å². The number of aromatic nitrogens is 2. The van der Waals surface area contributed by atoms with Crippen molar-refractivity contribution in [3.05, 3.63) is 35.2 Å². The minimum Gasteiger partial charge on any atom is -0.407 e. The largest absolute Gasteiger partial charge is 0.407 e. The van der Waals surface area contributed by atoms with Crippen molar-refractivity contribution in [3.63, 3.8) is 0 Å². The van der Waals surface area contributed by atoms with E-state index >= 15 is 0 Å². The average Bonchev–Trinajstić information content (AvgIpc) is 2.99. The Labute approximate surface area is 124 Å². The van der Waals surface area contributed by atoms with Gasteiger partial charge in [-0.1, -0.05) is 17.2 Å². The van der Waals surface area contributed by atoms with Gasteiger partial charge in [0.1, 0.15) is 0 Å². The summed E-state index contributed by atoms with van der Waals surface area (Å²) in [7, 11) is 0. The third kappa shape index (κ3) is 2.71. The van der Waals surface area contributed by atoms with Gasteiger partial charge >= 0.3 is 6.01 Å². The fraction of sp³-hybridized carbons (Fsp3) is 0.467. The lowest BCUT2D eigenvalue weighted by Crippen LogP contribution is -2.47. The number of nitrogens with zero attached hydrogens (tertiary/aromatic N) is 4. The van der Waals surface area contributed by atoms with Crippen molar-refractivity contribution in [2.24, 2.45) is 5.73 Å². The highest BCUT2D eigenvalue weighted by Gasteiger charge is 2.22. The smallest absolute Gasteiger partial charge is 0.318 e. The van der Waals surface area contributed by atoms with E-state index in [1.54, 1.807) is 0 Å². The molecule has 21 heavy (non-hydrogen) atoms. The molecule has 2 N–H and O–H groups in total. The van der Waals surface area contributed by atoms with Gasteiger partial charge in [-0.25, -0.2) is 0 Å². The number of benzene rings is 1. The zero-order valence-electron chi connectivity index (χ0n) is 12.5. The van der Waals surface area contributed by atoms with Crippen LogP contribution in [0.2, 0.25) is 0 Å². The first-order valence-electron chi connectivity index (χ1n) is 7.27. The summed E-state index contributed by atoms with van der Waals surface area (Å²) in [6.45, 7) is 8.27. The van der Waals surface area contributed by atoms with Crippen LogP contribution >= 0.6 is 0 Å². The lowest BCUT2D eigenvalue weighted by molar-refractivity contribution is 0.476. The number of aryl methyl sites for hydroxylation is 1. The van der Waals surface area contributed by atoms with Crippen molar-refractivity contribution in [2.45, 2.75) is 20.4 Å². The minimum absolute atomic E-state index is 0.287. The van der Waals surface area contributed by atoms with Gasteiger partial charge in [0.05, 0.1) is 6.54 Å². The van der Waals surface area contributed by atoms with E-state index < -0.39 is 0 Å². The number of rotatable bonds is 3. The molecule has 0 saturated carbocycles. The van der Waals surface area contributed by atoms with E-state index in [1.165, 1.54) is 16.8 Å². The van der Waals surface area contributed by atoms with Crippen LogP contribution in [-0.2, 0) is 6.54 Å². The van der Waals surface area contributed by atoms with Crippen LogP contribution in [0.5, 0.6) is 0 Å². The van der Waals surface area contributed by atoms with Crippen LogP contribution in [0.15, 0.2) is 22.6 Å².